The van der Waals surface area contributed by atoms with E-state index in [2.05, 4.69) is 21.2 Å². The number of amides is 1. The van der Waals surface area contributed by atoms with Crippen molar-refractivity contribution >= 4 is 57.4 Å². The summed E-state index contributed by atoms with van der Waals surface area (Å²) in [6.45, 7) is 4.53. The molecule has 0 saturated carbocycles. The minimum absolute atomic E-state index is 0.303. The Morgan fingerprint density at radius 2 is 1.20 bits per heavy atom. The van der Waals surface area contributed by atoms with Gasteiger partial charge in [0.1, 0.15) is 6.61 Å². The summed E-state index contributed by atoms with van der Waals surface area (Å²) in [5.74, 6) is -5.33. The Morgan fingerprint density at radius 1 is 0.714 bits per heavy atom. The highest BCUT2D eigenvalue weighted by atomic mass is 79.9. The third kappa shape index (κ3) is 11.0. The minimum atomic E-state index is -1.86. The number of anilines is 1. The van der Waals surface area contributed by atoms with Crippen molar-refractivity contribution in [3.63, 3.8) is 0 Å². The van der Waals surface area contributed by atoms with E-state index in [4.69, 9.17) is 23.7 Å². The average Bonchev–Trinajstić information content (AvgIpc) is 2.72. The van der Waals surface area contributed by atoms with Crippen molar-refractivity contribution in [1.82, 2.24) is 0 Å². The first-order valence-electron chi connectivity index (χ1n) is 10.2. The Bertz CT molecular complexity index is 947. The lowest BCUT2D eigenvalue weighted by molar-refractivity contribution is -0.202. The van der Waals surface area contributed by atoms with Crippen LogP contribution in [0.25, 0.3) is 0 Å². The second-order valence-corrected chi connectivity index (χ2v) is 8.04. The molecular weight excluding hydrogens is 534 g/mol. The van der Waals surface area contributed by atoms with Gasteiger partial charge in [0.2, 0.25) is 6.10 Å². The molecule has 0 radical (unpaired) electrons. The predicted octanol–water partition coefficient (Wildman–Crippen LogP) is 1.68. The van der Waals surface area contributed by atoms with Gasteiger partial charge in [-0.05, 0) is 24.3 Å². The lowest BCUT2D eigenvalue weighted by Gasteiger charge is -2.34. The molecule has 192 valence electrons. The fraction of sp³-hybridized carbons (Fsp3) is 0.455. The summed E-state index contributed by atoms with van der Waals surface area (Å²) in [5.41, 5.74) is 0.303. The van der Waals surface area contributed by atoms with Gasteiger partial charge in [-0.1, -0.05) is 15.9 Å². The number of carbonyl (C=O) groups excluding carboxylic acids is 6. The molecule has 1 N–H and O–H groups in total. The van der Waals surface area contributed by atoms with E-state index in [0.717, 1.165) is 39.1 Å². The van der Waals surface area contributed by atoms with Crippen molar-refractivity contribution in [3.05, 3.63) is 28.7 Å². The summed E-state index contributed by atoms with van der Waals surface area (Å²) in [4.78, 5) is 71.8. The summed E-state index contributed by atoms with van der Waals surface area (Å²) in [6.07, 6.45) is -6.89. The van der Waals surface area contributed by atoms with Crippen LogP contribution in [-0.4, -0.2) is 66.8 Å². The van der Waals surface area contributed by atoms with Gasteiger partial charge in [0.05, 0.1) is 0 Å². The van der Waals surface area contributed by atoms with Gasteiger partial charge < -0.3 is 29.0 Å². The minimum Gasteiger partial charge on any atom is -0.462 e. The zero-order valence-corrected chi connectivity index (χ0v) is 21.3. The SMILES string of the molecule is CC(=O)OC[C@H](OC(C)=O)[C@H](OC(C)=O)[C@@H](OC(C)=O)[C@H](OC(C)=O)C(=O)Nc1ccc(Br)cc1. The number of rotatable bonds is 11. The first-order valence-corrected chi connectivity index (χ1v) is 11.0. The molecule has 12 nitrogen and oxygen atoms in total. The molecule has 13 heteroatoms. The number of benzene rings is 1. The van der Waals surface area contributed by atoms with Gasteiger partial charge in [-0.25, -0.2) is 0 Å². The van der Waals surface area contributed by atoms with Crippen molar-refractivity contribution in [3.8, 4) is 0 Å². The molecule has 0 aromatic heterocycles. The van der Waals surface area contributed by atoms with Gasteiger partial charge in [0, 0.05) is 44.8 Å². The Kier molecular flexibility index (Phi) is 11.9. The van der Waals surface area contributed by atoms with Crippen molar-refractivity contribution in [2.75, 3.05) is 11.9 Å². The van der Waals surface area contributed by atoms with E-state index in [-0.39, 0.29) is 0 Å². The highest BCUT2D eigenvalue weighted by molar-refractivity contribution is 9.10. The smallest absolute Gasteiger partial charge is 0.303 e. The molecule has 0 aliphatic carbocycles. The molecule has 0 aliphatic rings. The first-order chi connectivity index (χ1) is 16.3. The third-order valence-corrected chi connectivity index (χ3v) is 4.55. The molecule has 1 aromatic rings. The molecule has 0 fully saturated rings. The number of hydrogen-bond donors (Lipinski definition) is 1. The van der Waals surface area contributed by atoms with Crippen LogP contribution >= 0.6 is 15.9 Å². The number of halogens is 1. The Morgan fingerprint density at radius 3 is 1.66 bits per heavy atom. The van der Waals surface area contributed by atoms with Crippen molar-refractivity contribution in [2.24, 2.45) is 0 Å². The molecule has 35 heavy (non-hydrogen) atoms. The fourth-order valence-electron chi connectivity index (χ4n) is 2.84. The molecule has 4 atom stereocenters. The van der Waals surface area contributed by atoms with Gasteiger partial charge in [-0.2, -0.15) is 0 Å². The van der Waals surface area contributed by atoms with Crippen LogP contribution in [0, 0.1) is 0 Å². The maximum Gasteiger partial charge on any atom is 0.303 e. The maximum absolute atomic E-state index is 13.1. The monoisotopic (exact) mass is 559 g/mol. The maximum atomic E-state index is 13.1. The van der Waals surface area contributed by atoms with E-state index in [1.165, 1.54) is 0 Å². The molecule has 0 aliphatic heterocycles. The van der Waals surface area contributed by atoms with E-state index in [1.54, 1.807) is 24.3 Å². The lowest BCUT2D eigenvalue weighted by atomic mass is 10.0. The van der Waals surface area contributed by atoms with E-state index >= 15 is 0 Å². The van der Waals surface area contributed by atoms with Gasteiger partial charge in [0.25, 0.3) is 5.91 Å². The molecule has 0 heterocycles. The van der Waals surface area contributed by atoms with Crippen molar-refractivity contribution in [1.29, 1.82) is 0 Å². The van der Waals surface area contributed by atoms with Gasteiger partial charge in [-0.15, -0.1) is 0 Å². The van der Waals surface area contributed by atoms with Crippen LogP contribution in [-0.2, 0) is 52.5 Å². The van der Waals surface area contributed by atoms with Gasteiger partial charge in [-0.3, -0.25) is 28.8 Å². The number of nitrogens with one attached hydrogen (secondary N) is 1. The second-order valence-electron chi connectivity index (χ2n) is 7.12. The average molecular weight is 560 g/mol. The van der Waals surface area contributed by atoms with E-state index < -0.39 is 66.8 Å². The van der Waals surface area contributed by atoms with Crippen LogP contribution in [0.4, 0.5) is 5.69 Å². The quantitative estimate of drug-likeness (QED) is 0.310. The third-order valence-electron chi connectivity index (χ3n) is 4.02. The Hall–Kier alpha value is -3.48. The first kappa shape index (κ1) is 29.6. The van der Waals surface area contributed by atoms with Crippen LogP contribution < -0.4 is 5.32 Å². The topological polar surface area (TPSA) is 161 Å². The zero-order chi connectivity index (χ0) is 26.7. The van der Waals surface area contributed by atoms with Crippen molar-refractivity contribution < 1.29 is 52.5 Å². The van der Waals surface area contributed by atoms with Crippen LogP contribution in [0.5, 0.6) is 0 Å². The van der Waals surface area contributed by atoms with Crippen LogP contribution in [0.3, 0.4) is 0 Å². The number of ether oxygens (including phenoxy) is 5. The number of esters is 5. The predicted molar refractivity (Wildman–Crippen MR) is 122 cm³/mol. The van der Waals surface area contributed by atoms with E-state index in [0.29, 0.717) is 5.69 Å². The number of carbonyl (C=O) groups is 6. The highest BCUT2D eigenvalue weighted by Gasteiger charge is 2.47. The zero-order valence-electron chi connectivity index (χ0n) is 19.7. The van der Waals surface area contributed by atoms with Crippen molar-refractivity contribution in [2.45, 2.75) is 59.0 Å². The summed E-state index contributed by atoms with van der Waals surface area (Å²) in [5, 5.41) is 2.50. The fourth-order valence-corrected chi connectivity index (χ4v) is 3.11. The molecule has 0 bridgehead atoms. The van der Waals surface area contributed by atoms with E-state index in [1.807, 2.05) is 0 Å². The van der Waals surface area contributed by atoms with Gasteiger partial charge in [0.15, 0.2) is 18.3 Å². The molecule has 1 aromatic carbocycles. The lowest BCUT2D eigenvalue weighted by Crippen LogP contribution is -2.56. The molecule has 1 amide bonds. The standard InChI is InChI=1S/C22H26BrNO11/c1-11(25)31-10-18(32-12(2)26)19(33-13(3)27)20(34-14(4)28)21(35-15(5)29)22(30)24-17-8-6-16(23)7-9-17/h6-9,18-21H,10H2,1-5H3,(H,24,30)/t18-,19-,20+,21-/m0/s1. The summed E-state index contributed by atoms with van der Waals surface area (Å²) in [7, 11) is 0. The van der Waals surface area contributed by atoms with Crippen LogP contribution in [0.2, 0.25) is 0 Å². The Balaban J connectivity index is 3.51. The Labute approximate surface area is 209 Å². The van der Waals surface area contributed by atoms with E-state index in [9.17, 15) is 28.8 Å². The molecule has 0 saturated heterocycles. The summed E-state index contributed by atoms with van der Waals surface area (Å²) >= 11 is 3.26. The number of hydrogen-bond acceptors (Lipinski definition) is 11. The summed E-state index contributed by atoms with van der Waals surface area (Å²) < 4.78 is 26.3. The highest BCUT2D eigenvalue weighted by Crippen LogP contribution is 2.22. The van der Waals surface area contributed by atoms with Gasteiger partial charge >= 0.3 is 29.8 Å². The molecular formula is C22H26BrNO11. The summed E-state index contributed by atoms with van der Waals surface area (Å²) in [6, 6.07) is 6.36. The molecule has 0 spiro atoms. The van der Waals surface area contributed by atoms with Crippen LogP contribution in [0.1, 0.15) is 34.6 Å². The second kappa shape index (κ2) is 14.0. The molecule has 0 unspecified atom stereocenters. The van der Waals surface area contributed by atoms with Crippen LogP contribution in [0.15, 0.2) is 28.7 Å². The normalized spacial score (nSPS) is 13.8. The largest absolute Gasteiger partial charge is 0.462 e. The molecule has 1 rings (SSSR count).